The fraction of sp³-hybridized carbons (Fsp3) is 0.600. The van der Waals surface area contributed by atoms with Gasteiger partial charge in [-0.2, -0.15) is 0 Å². The van der Waals surface area contributed by atoms with Gasteiger partial charge in [-0.25, -0.2) is 0 Å². The molecular weight excluding hydrogens is 196 g/mol. The van der Waals surface area contributed by atoms with E-state index in [1.54, 1.807) is 0 Å². The molecule has 0 saturated carbocycles. The van der Waals surface area contributed by atoms with E-state index in [9.17, 15) is 5.11 Å². The van der Waals surface area contributed by atoms with Crippen molar-refractivity contribution in [1.29, 1.82) is 0 Å². The molecule has 0 fully saturated rings. The van der Waals surface area contributed by atoms with Crippen LogP contribution in [0.1, 0.15) is 38.8 Å². The highest BCUT2D eigenvalue weighted by Gasteiger charge is 2.42. The van der Waals surface area contributed by atoms with Crippen LogP contribution in [0.5, 0.6) is 0 Å². The molecule has 2 rings (SSSR count). The standard InChI is InChI=1S/C15H22O/c1-14(2)9-11-7-5-6-8-12(11)10-15(3,4)13(14)16/h5-8,13,16H,9-10H2,1-4H3. The highest BCUT2D eigenvalue weighted by molar-refractivity contribution is 5.31. The molecule has 1 aromatic rings. The van der Waals surface area contributed by atoms with E-state index in [1.165, 1.54) is 11.1 Å². The lowest BCUT2D eigenvalue weighted by atomic mass is 9.70. The topological polar surface area (TPSA) is 20.2 Å². The van der Waals surface area contributed by atoms with Crippen LogP contribution in [0.4, 0.5) is 0 Å². The summed E-state index contributed by atoms with van der Waals surface area (Å²) in [6.07, 6.45) is 1.68. The first-order valence-corrected chi connectivity index (χ1v) is 6.08. The third kappa shape index (κ3) is 1.89. The Labute approximate surface area is 98.5 Å². The van der Waals surface area contributed by atoms with Crippen LogP contribution in [-0.4, -0.2) is 11.2 Å². The molecule has 0 spiro atoms. The smallest absolute Gasteiger partial charge is 0.0648 e. The lowest BCUT2D eigenvalue weighted by Gasteiger charge is -2.38. The maximum Gasteiger partial charge on any atom is 0.0648 e. The minimum absolute atomic E-state index is 0.0455. The quantitative estimate of drug-likeness (QED) is 0.663. The van der Waals surface area contributed by atoms with Crippen LogP contribution in [-0.2, 0) is 12.8 Å². The number of aliphatic hydroxyl groups is 1. The van der Waals surface area contributed by atoms with Crippen molar-refractivity contribution in [3.05, 3.63) is 35.4 Å². The molecular formula is C15H22O. The van der Waals surface area contributed by atoms with Gasteiger partial charge in [0.25, 0.3) is 0 Å². The first-order chi connectivity index (χ1) is 7.33. The summed E-state index contributed by atoms with van der Waals surface area (Å²) in [6.45, 7) is 8.67. The normalized spacial score (nSPS) is 23.6. The number of aliphatic hydroxyl groups excluding tert-OH is 1. The summed E-state index contributed by atoms with van der Waals surface area (Å²) in [6, 6.07) is 8.59. The Hall–Kier alpha value is -0.820. The van der Waals surface area contributed by atoms with E-state index < -0.39 is 0 Å². The van der Waals surface area contributed by atoms with E-state index in [4.69, 9.17) is 0 Å². The number of hydrogen-bond donors (Lipinski definition) is 1. The summed E-state index contributed by atoms with van der Waals surface area (Å²) >= 11 is 0. The zero-order chi connectivity index (χ0) is 12.0. The van der Waals surface area contributed by atoms with Crippen LogP contribution in [0, 0.1) is 10.8 Å². The van der Waals surface area contributed by atoms with Gasteiger partial charge in [0, 0.05) is 0 Å². The third-order valence-electron chi connectivity index (χ3n) is 3.89. The summed E-state index contributed by atoms with van der Waals surface area (Å²) < 4.78 is 0. The van der Waals surface area contributed by atoms with Gasteiger partial charge in [0.2, 0.25) is 0 Å². The molecule has 88 valence electrons. The first-order valence-electron chi connectivity index (χ1n) is 6.08. The molecule has 16 heavy (non-hydrogen) atoms. The Balaban J connectivity index is 2.50. The molecule has 1 nitrogen and oxygen atoms in total. The zero-order valence-electron chi connectivity index (χ0n) is 10.7. The lowest BCUT2D eigenvalue weighted by molar-refractivity contribution is -0.0360. The van der Waals surface area contributed by atoms with E-state index >= 15 is 0 Å². The van der Waals surface area contributed by atoms with Gasteiger partial charge in [-0.1, -0.05) is 52.0 Å². The average molecular weight is 218 g/mol. The fourth-order valence-electron chi connectivity index (χ4n) is 3.14. The molecule has 0 aromatic heterocycles. The second kappa shape index (κ2) is 3.59. The van der Waals surface area contributed by atoms with Crippen molar-refractivity contribution < 1.29 is 5.11 Å². The molecule has 1 heteroatoms. The summed E-state index contributed by atoms with van der Waals surface area (Å²) in [4.78, 5) is 0. The van der Waals surface area contributed by atoms with Gasteiger partial charge in [-0.15, -0.1) is 0 Å². The Kier molecular flexibility index (Phi) is 2.62. The van der Waals surface area contributed by atoms with Gasteiger partial charge >= 0.3 is 0 Å². The molecule has 0 saturated heterocycles. The van der Waals surface area contributed by atoms with E-state index in [0.29, 0.717) is 0 Å². The van der Waals surface area contributed by atoms with Gasteiger partial charge in [0.05, 0.1) is 6.10 Å². The summed E-state index contributed by atoms with van der Waals surface area (Å²) in [5.41, 5.74) is 2.71. The maximum absolute atomic E-state index is 10.5. The molecule has 1 N–H and O–H groups in total. The zero-order valence-corrected chi connectivity index (χ0v) is 10.7. The second-order valence-electron chi connectivity index (χ2n) is 6.50. The molecule has 0 heterocycles. The molecule has 0 aliphatic heterocycles. The summed E-state index contributed by atoms with van der Waals surface area (Å²) in [5, 5.41) is 10.5. The van der Waals surface area contributed by atoms with Crippen molar-refractivity contribution in [2.24, 2.45) is 10.8 Å². The second-order valence-corrected chi connectivity index (χ2v) is 6.50. The monoisotopic (exact) mass is 218 g/mol. The molecule has 1 aliphatic carbocycles. The predicted molar refractivity (Wildman–Crippen MR) is 67.4 cm³/mol. The van der Waals surface area contributed by atoms with Gasteiger partial charge < -0.3 is 5.11 Å². The molecule has 0 atom stereocenters. The van der Waals surface area contributed by atoms with Crippen molar-refractivity contribution in [3.63, 3.8) is 0 Å². The Morgan fingerprint density at radius 1 is 0.938 bits per heavy atom. The highest BCUT2D eigenvalue weighted by Crippen LogP contribution is 2.42. The Morgan fingerprint density at radius 2 is 1.31 bits per heavy atom. The van der Waals surface area contributed by atoms with Crippen LogP contribution >= 0.6 is 0 Å². The van der Waals surface area contributed by atoms with Crippen LogP contribution < -0.4 is 0 Å². The number of rotatable bonds is 0. The van der Waals surface area contributed by atoms with Gasteiger partial charge in [0.15, 0.2) is 0 Å². The molecule has 0 unspecified atom stereocenters. The molecule has 1 aromatic carbocycles. The highest BCUT2D eigenvalue weighted by atomic mass is 16.3. The van der Waals surface area contributed by atoms with Gasteiger partial charge in [-0.3, -0.25) is 0 Å². The minimum Gasteiger partial charge on any atom is -0.392 e. The van der Waals surface area contributed by atoms with Crippen molar-refractivity contribution in [2.45, 2.75) is 46.6 Å². The number of benzene rings is 1. The Bertz CT molecular complexity index is 353. The molecule has 1 aliphatic rings. The van der Waals surface area contributed by atoms with Crippen molar-refractivity contribution >= 4 is 0 Å². The Morgan fingerprint density at radius 3 is 1.69 bits per heavy atom. The van der Waals surface area contributed by atoms with Gasteiger partial charge in [0.1, 0.15) is 0 Å². The maximum atomic E-state index is 10.5. The van der Waals surface area contributed by atoms with Crippen molar-refractivity contribution in [2.75, 3.05) is 0 Å². The van der Waals surface area contributed by atoms with Crippen LogP contribution in [0.15, 0.2) is 24.3 Å². The summed E-state index contributed by atoms with van der Waals surface area (Å²) in [5.74, 6) is 0. The lowest BCUT2D eigenvalue weighted by Crippen LogP contribution is -2.42. The van der Waals surface area contributed by atoms with Crippen LogP contribution in [0.2, 0.25) is 0 Å². The summed E-state index contributed by atoms with van der Waals surface area (Å²) in [7, 11) is 0. The van der Waals surface area contributed by atoms with Crippen LogP contribution in [0.3, 0.4) is 0 Å². The van der Waals surface area contributed by atoms with E-state index in [0.717, 1.165) is 12.8 Å². The van der Waals surface area contributed by atoms with Crippen molar-refractivity contribution in [3.8, 4) is 0 Å². The SMILES string of the molecule is CC1(C)Cc2ccccc2CC(C)(C)C1O. The fourth-order valence-corrected chi connectivity index (χ4v) is 3.14. The minimum atomic E-state index is -0.257. The predicted octanol–water partition coefficient (Wildman–Crippen LogP) is 3.20. The largest absolute Gasteiger partial charge is 0.392 e. The van der Waals surface area contributed by atoms with E-state index in [1.807, 2.05) is 0 Å². The van der Waals surface area contributed by atoms with Gasteiger partial charge in [-0.05, 0) is 34.8 Å². The number of hydrogen-bond acceptors (Lipinski definition) is 1. The third-order valence-corrected chi connectivity index (χ3v) is 3.89. The van der Waals surface area contributed by atoms with Crippen molar-refractivity contribution in [1.82, 2.24) is 0 Å². The first kappa shape index (κ1) is 11.7. The van der Waals surface area contributed by atoms with Crippen LogP contribution in [0.25, 0.3) is 0 Å². The average Bonchev–Trinajstić information content (AvgIpc) is 2.24. The molecule has 0 bridgehead atoms. The molecule has 0 amide bonds. The van der Waals surface area contributed by atoms with E-state index in [-0.39, 0.29) is 16.9 Å². The molecule has 0 radical (unpaired) electrons. The number of fused-ring (bicyclic) bond motifs is 1. The van der Waals surface area contributed by atoms with E-state index in [2.05, 4.69) is 52.0 Å².